The van der Waals surface area contributed by atoms with Crippen LogP contribution in [0, 0.1) is 34.6 Å². The van der Waals surface area contributed by atoms with Gasteiger partial charge in [-0.1, -0.05) is 76.6 Å². The molecule has 0 amide bonds. The molecule has 0 radical (unpaired) electrons. The minimum Gasteiger partial charge on any atom is -0.106 e. The third kappa shape index (κ3) is 6.61. The van der Waals surface area contributed by atoms with E-state index in [1.807, 2.05) is 0 Å². The first-order chi connectivity index (χ1) is 12.2. The summed E-state index contributed by atoms with van der Waals surface area (Å²) in [5.74, 6) is 0. The van der Waals surface area contributed by atoms with Gasteiger partial charge < -0.3 is 0 Å². The summed E-state index contributed by atoms with van der Waals surface area (Å²) >= 11 is 4.27. The first-order valence-corrected chi connectivity index (χ1v) is 11.6. The maximum atomic E-state index is 4.27. The van der Waals surface area contributed by atoms with Crippen LogP contribution in [0.25, 0.3) is 0 Å². The lowest BCUT2D eigenvalue weighted by atomic mass is 9.84. The fraction of sp³-hybridized carbons (Fsp3) is 0.520. The number of hydrogen-bond donors (Lipinski definition) is 1. The van der Waals surface area contributed by atoms with Crippen LogP contribution in [0.3, 0.4) is 0 Å². The number of thiol groups is 1. The van der Waals surface area contributed by atoms with E-state index in [0.29, 0.717) is 0 Å². The van der Waals surface area contributed by atoms with Crippen molar-refractivity contribution in [3.8, 4) is 0 Å². The second kappa shape index (κ2) is 9.09. The third-order valence-electron chi connectivity index (χ3n) is 5.21. The van der Waals surface area contributed by atoms with Crippen LogP contribution in [0.5, 0.6) is 0 Å². The lowest BCUT2D eigenvalue weighted by Gasteiger charge is -2.21. The molecular formula is C25H38S2. The van der Waals surface area contributed by atoms with E-state index in [1.165, 1.54) is 54.6 Å². The molecule has 0 saturated heterocycles. The Morgan fingerprint density at radius 3 is 1.15 bits per heavy atom. The van der Waals surface area contributed by atoms with Crippen molar-refractivity contribution in [2.24, 2.45) is 0 Å². The van der Waals surface area contributed by atoms with E-state index in [9.17, 15) is 0 Å². The van der Waals surface area contributed by atoms with Crippen molar-refractivity contribution in [3.63, 3.8) is 0 Å². The molecule has 0 spiro atoms. The fourth-order valence-corrected chi connectivity index (χ4v) is 4.27. The summed E-state index contributed by atoms with van der Waals surface area (Å²) in [7, 11) is 1.54. The van der Waals surface area contributed by atoms with Crippen molar-refractivity contribution in [1.29, 1.82) is 0 Å². The van der Waals surface area contributed by atoms with Gasteiger partial charge in [-0.25, -0.2) is 0 Å². The van der Waals surface area contributed by atoms with E-state index >= 15 is 0 Å². The minimum atomic E-state index is 0.231. The monoisotopic (exact) mass is 402 g/mol. The summed E-state index contributed by atoms with van der Waals surface area (Å²) in [6.45, 7) is 24.4. The number of benzene rings is 2. The zero-order valence-corrected chi connectivity index (χ0v) is 20.9. The molecule has 0 saturated carbocycles. The SMILES string of the molecule is Cc1cc(C(C)(C)C)cc(C)c1C.Cc1cc(C(C)(C)C)cc(C)c1SS. The van der Waals surface area contributed by atoms with Crippen LogP contribution >= 0.6 is 22.5 Å². The van der Waals surface area contributed by atoms with Crippen molar-refractivity contribution in [3.05, 3.63) is 63.2 Å². The lowest BCUT2D eigenvalue weighted by molar-refractivity contribution is 0.588. The highest BCUT2D eigenvalue weighted by Crippen LogP contribution is 2.33. The normalized spacial score (nSPS) is 11.9. The molecule has 2 aromatic carbocycles. The zero-order chi connectivity index (χ0) is 21.2. The molecule has 0 heterocycles. The molecule has 0 aliphatic carbocycles. The quantitative estimate of drug-likeness (QED) is 0.369. The fourth-order valence-electron chi connectivity index (χ4n) is 3.00. The molecule has 2 heteroatoms. The second-order valence-corrected chi connectivity index (χ2v) is 10.9. The molecule has 2 aromatic rings. The summed E-state index contributed by atoms with van der Waals surface area (Å²) in [6, 6.07) is 9.15. The van der Waals surface area contributed by atoms with Crippen LogP contribution < -0.4 is 0 Å². The lowest BCUT2D eigenvalue weighted by Crippen LogP contribution is -2.12. The van der Waals surface area contributed by atoms with Gasteiger partial charge in [0.1, 0.15) is 0 Å². The summed E-state index contributed by atoms with van der Waals surface area (Å²) < 4.78 is 0. The maximum Gasteiger partial charge on any atom is 0.0238 e. The van der Waals surface area contributed by atoms with Crippen molar-refractivity contribution in [2.45, 2.75) is 91.9 Å². The molecule has 0 fully saturated rings. The minimum absolute atomic E-state index is 0.231. The first-order valence-electron chi connectivity index (χ1n) is 9.70. The van der Waals surface area contributed by atoms with Gasteiger partial charge in [-0.2, -0.15) is 0 Å². The standard InChI is InChI=1S/C13H20.C12H18S2/c1-9-7-12(13(4,5)6)8-10(2)11(9)3;1-8-6-10(12(3,4)5)7-9(2)11(8)14-13/h7-8H,1-6H3;6-7,13H,1-5H3. The Bertz CT molecular complexity index is 741. The molecule has 27 heavy (non-hydrogen) atoms. The van der Waals surface area contributed by atoms with Gasteiger partial charge in [0.25, 0.3) is 0 Å². The number of aryl methyl sites for hydroxylation is 4. The highest BCUT2D eigenvalue weighted by Gasteiger charge is 2.16. The van der Waals surface area contributed by atoms with Crippen molar-refractivity contribution < 1.29 is 0 Å². The van der Waals surface area contributed by atoms with Gasteiger partial charge in [0.15, 0.2) is 0 Å². The molecule has 0 aliphatic rings. The zero-order valence-electron chi connectivity index (χ0n) is 19.2. The molecule has 0 N–H and O–H groups in total. The Balaban J connectivity index is 0.000000271. The van der Waals surface area contributed by atoms with E-state index in [-0.39, 0.29) is 10.8 Å². The van der Waals surface area contributed by atoms with Crippen molar-refractivity contribution in [2.75, 3.05) is 0 Å². The summed E-state index contributed by atoms with van der Waals surface area (Å²) in [6.07, 6.45) is 0. The predicted molar refractivity (Wildman–Crippen MR) is 129 cm³/mol. The molecule has 0 bridgehead atoms. The highest BCUT2D eigenvalue weighted by atomic mass is 33.1. The maximum absolute atomic E-state index is 4.27. The van der Waals surface area contributed by atoms with Crippen LogP contribution in [-0.2, 0) is 10.8 Å². The average Bonchev–Trinajstić information content (AvgIpc) is 2.50. The van der Waals surface area contributed by atoms with Gasteiger partial charge in [0.2, 0.25) is 0 Å². The van der Waals surface area contributed by atoms with E-state index < -0.39 is 0 Å². The molecular weight excluding hydrogens is 364 g/mol. The van der Waals surface area contributed by atoms with Crippen LogP contribution in [0.2, 0.25) is 0 Å². The van der Waals surface area contributed by atoms with Crippen LogP contribution in [0.4, 0.5) is 0 Å². The molecule has 0 unspecified atom stereocenters. The van der Waals surface area contributed by atoms with Gasteiger partial charge >= 0.3 is 0 Å². The Morgan fingerprint density at radius 1 is 0.593 bits per heavy atom. The summed E-state index contributed by atoms with van der Waals surface area (Å²) in [4.78, 5) is 1.29. The smallest absolute Gasteiger partial charge is 0.0238 e. The first kappa shape index (κ1) is 24.2. The van der Waals surface area contributed by atoms with Crippen LogP contribution in [-0.4, -0.2) is 0 Å². The average molecular weight is 403 g/mol. The molecule has 0 aromatic heterocycles. The number of rotatable bonds is 1. The van der Waals surface area contributed by atoms with Crippen molar-refractivity contribution >= 4 is 22.5 Å². The Hall–Kier alpha value is -0.860. The largest absolute Gasteiger partial charge is 0.106 e. The van der Waals surface area contributed by atoms with Crippen molar-refractivity contribution in [1.82, 2.24) is 0 Å². The topological polar surface area (TPSA) is 0 Å². The molecule has 2 rings (SSSR count). The molecule has 0 atom stereocenters. The Kier molecular flexibility index (Phi) is 8.14. The third-order valence-corrected chi connectivity index (χ3v) is 6.58. The summed E-state index contributed by atoms with van der Waals surface area (Å²) in [5, 5.41) is 0. The van der Waals surface area contributed by atoms with E-state index in [1.54, 1.807) is 0 Å². The molecule has 0 aliphatic heterocycles. The van der Waals surface area contributed by atoms with Gasteiger partial charge in [-0.15, -0.1) is 11.7 Å². The van der Waals surface area contributed by atoms with Crippen LogP contribution in [0.1, 0.15) is 80.5 Å². The van der Waals surface area contributed by atoms with E-state index in [0.717, 1.165) is 0 Å². The van der Waals surface area contributed by atoms with E-state index in [4.69, 9.17) is 0 Å². The van der Waals surface area contributed by atoms with E-state index in [2.05, 4.69) is 112 Å². The second-order valence-electron chi connectivity index (χ2n) is 9.77. The van der Waals surface area contributed by atoms with Gasteiger partial charge in [-0.05, 0) is 84.4 Å². The molecule has 0 nitrogen and oxygen atoms in total. The summed E-state index contributed by atoms with van der Waals surface area (Å²) in [5.41, 5.74) is 10.2. The highest BCUT2D eigenvalue weighted by molar-refractivity contribution is 8.68. The van der Waals surface area contributed by atoms with Gasteiger partial charge in [0.05, 0.1) is 0 Å². The van der Waals surface area contributed by atoms with Crippen LogP contribution in [0.15, 0.2) is 29.2 Å². The molecule has 150 valence electrons. The Labute approximate surface area is 177 Å². The number of hydrogen-bond acceptors (Lipinski definition) is 2. The van der Waals surface area contributed by atoms with Gasteiger partial charge in [0, 0.05) is 4.90 Å². The Morgan fingerprint density at radius 2 is 0.889 bits per heavy atom. The van der Waals surface area contributed by atoms with Gasteiger partial charge in [-0.3, -0.25) is 0 Å². The predicted octanol–water partition coefficient (Wildman–Crippen LogP) is 8.45.